The number of likely N-dealkylation sites (tertiary alicyclic amines) is 1. The Hall–Kier alpha value is -0.970. The average Bonchev–Trinajstić information content (AvgIpc) is 2.35. The van der Waals surface area contributed by atoms with E-state index in [1.54, 1.807) is 12.1 Å². The van der Waals surface area contributed by atoms with Gasteiger partial charge in [-0.2, -0.15) is 0 Å². The summed E-state index contributed by atoms with van der Waals surface area (Å²) in [5, 5.41) is 8.91. The minimum atomic E-state index is -0.185. The van der Waals surface area contributed by atoms with E-state index in [2.05, 4.69) is 4.90 Å². The van der Waals surface area contributed by atoms with E-state index in [4.69, 9.17) is 10.8 Å². The minimum absolute atomic E-state index is 0.185. The molecule has 1 aliphatic rings. The fourth-order valence-electron chi connectivity index (χ4n) is 2.96. The van der Waals surface area contributed by atoms with Crippen molar-refractivity contribution in [2.45, 2.75) is 31.8 Å². The molecule has 1 aromatic rings. The Bertz CT molecular complexity index is 399. The third kappa shape index (κ3) is 4.56. The molecule has 0 saturated carbocycles. The Balaban J connectivity index is 1.92. The molecule has 19 heavy (non-hydrogen) atoms. The summed E-state index contributed by atoms with van der Waals surface area (Å²) in [5.74, 6) is 0.361. The summed E-state index contributed by atoms with van der Waals surface area (Å²) in [6.07, 6.45) is 2.88. The van der Waals surface area contributed by atoms with Crippen LogP contribution in [-0.4, -0.2) is 35.7 Å². The maximum Gasteiger partial charge on any atom is 0.123 e. The van der Waals surface area contributed by atoms with E-state index in [9.17, 15) is 4.39 Å². The molecule has 0 spiro atoms. The number of halogens is 1. The first-order valence-corrected chi connectivity index (χ1v) is 7.00. The fraction of sp³-hybridized carbons (Fsp3) is 0.600. The van der Waals surface area contributed by atoms with Crippen LogP contribution in [0.1, 0.15) is 24.8 Å². The number of hydrogen-bond donors (Lipinski definition) is 2. The first-order valence-electron chi connectivity index (χ1n) is 7.00. The van der Waals surface area contributed by atoms with Gasteiger partial charge in [-0.25, -0.2) is 4.39 Å². The molecule has 106 valence electrons. The van der Waals surface area contributed by atoms with Crippen molar-refractivity contribution in [3.63, 3.8) is 0 Å². The highest BCUT2D eigenvalue weighted by molar-refractivity contribution is 5.16. The van der Waals surface area contributed by atoms with Crippen LogP contribution < -0.4 is 5.73 Å². The predicted molar refractivity (Wildman–Crippen MR) is 74.1 cm³/mol. The number of piperidine rings is 1. The van der Waals surface area contributed by atoms with Crippen LogP contribution in [0.2, 0.25) is 0 Å². The molecule has 0 amide bonds. The van der Waals surface area contributed by atoms with E-state index in [1.807, 2.05) is 6.07 Å². The van der Waals surface area contributed by atoms with Crippen LogP contribution in [0.5, 0.6) is 0 Å². The maximum atomic E-state index is 13.2. The van der Waals surface area contributed by atoms with E-state index >= 15 is 0 Å². The number of nitrogens with zero attached hydrogens (tertiary/aromatic N) is 1. The molecule has 1 aliphatic heterocycles. The molecule has 0 bridgehead atoms. The zero-order chi connectivity index (χ0) is 13.7. The van der Waals surface area contributed by atoms with Crippen LogP contribution in [0.4, 0.5) is 4.39 Å². The van der Waals surface area contributed by atoms with Crippen molar-refractivity contribution in [1.82, 2.24) is 4.90 Å². The summed E-state index contributed by atoms with van der Waals surface area (Å²) < 4.78 is 13.2. The molecule has 1 saturated heterocycles. The smallest absolute Gasteiger partial charge is 0.123 e. The Labute approximate surface area is 114 Å². The fourth-order valence-corrected chi connectivity index (χ4v) is 2.96. The third-order valence-electron chi connectivity index (χ3n) is 3.71. The van der Waals surface area contributed by atoms with E-state index in [1.165, 1.54) is 6.07 Å². The Morgan fingerprint density at radius 1 is 1.37 bits per heavy atom. The molecule has 2 unspecified atom stereocenters. The number of rotatable bonds is 5. The first kappa shape index (κ1) is 14.4. The van der Waals surface area contributed by atoms with Gasteiger partial charge in [0.15, 0.2) is 0 Å². The zero-order valence-electron chi connectivity index (χ0n) is 11.3. The number of nitrogens with two attached hydrogens (primary N) is 1. The maximum absolute atomic E-state index is 13.2. The van der Waals surface area contributed by atoms with Crippen LogP contribution in [0.15, 0.2) is 24.3 Å². The molecule has 1 fully saturated rings. The van der Waals surface area contributed by atoms with E-state index in [-0.39, 0.29) is 18.5 Å². The SMILES string of the molecule is NC1CC(CCCO)CN(Cc2cccc(F)c2)C1. The standard InChI is InChI=1S/C15H23FN2O/c16-14-5-1-3-12(7-14)9-18-10-13(4-2-6-19)8-15(17)11-18/h1,3,5,7,13,15,19H,2,4,6,8-11,17H2. The topological polar surface area (TPSA) is 49.5 Å². The number of benzene rings is 1. The molecule has 3 nitrogen and oxygen atoms in total. The van der Waals surface area contributed by atoms with Crippen LogP contribution in [-0.2, 0) is 6.54 Å². The van der Waals surface area contributed by atoms with Crippen molar-refractivity contribution in [3.05, 3.63) is 35.6 Å². The Morgan fingerprint density at radius 2 is 2.21 bits per heavy atom. The van der Waals surface area contributed by atoms with Gasteiger partial charge in [0.05, 0.1) is 0 Å². The van der Waals surface area contributed by atoms with Gasteiger partial charge in [-0.05, 0) is 42.9 Å². The van der Waals surface area contributed by atoms with Crippen LogP contribution in [0.3, 0.4) is 0 Å². The Kier molecular flexibility index (Phi) is 5.31. The van der Waals surface area contributed by atoms with Gasteiger partial charge in [-0.15, -0.1) is 0 Å². The molecule has 4 heteroatoms. The lowest BCUT2D eigenvalue weighted by atomic mass is 9.90. The molecule has 2 atom stereocenters. The summed E-state index contributed by atoms with van der Waals surface area (Å²) in [5.41, 5.74) is 7.09. The number of aliphatic hydroxyl groups excluding tert-OH is 1. The van der Waals surface area contributed by atoms with Crippen LogP contribution >= 0.6 is 0 Å². The van der Waals surface area contributed by atoms with E-state index < -0.39 is 0 Å². The molecule has 0 aromatic heterocycles. The lowest BCUT2D eigenvalue weighted by Crippen LogP contribution is -2.46. The average molecular weight is 266 g/mol. The third-order valence-corrected chi connectivity index (χ3v) is 3.71. The number of aliphatic hydroxyl groups is 1. The minimum Gasteiger partial charge on any atom is -0.396 e. The summed E-state index contributed by atoms with van der Waals surface area (Å²) in [6, 6.07) is 6.94. The highest BCUT2D eigenvalue weighted by Crippen LogP contribution is 2.22. The first-order chi connectivity index (χ1) is 9.17. The second kappa shape index (κ2) is 6.98. The normalized spacial score (nSPS) is 24.6. The summed E-state index contributed by atoms with van der Waals surface area (Å²) in [7, 11) is 0. The highest BCUT2D eigenvalue weighted by atomic mass is 19.1. The lowest BCUT2D eigenvalue weighted by molar-refractivity contribution is 0.137. The van der Waals surface area contributed by atoms with Gasteiger partial charge in [0.25, 0.3) is 0 Å². The molecule has 0 radical (unpaired) electrons. The summed E-state index contributed by atoms with van der Waals surface area (Å²) >= 11 is 0. The second-order valence-corrected chi connectivity index (χ2v) is 5.55. The highest BCUT2D eigenvalue weighted by Gasteiger charge is 2.24. The lowest BCUT2D eigenvalue weighted by Gasteiger charge is -2.36. The van der Waals surface area contributed by atoms with Crippen molar-refractivity contribution >= 4 is 0 Å². The largest absolute Gasteiger partial charge is 0.396 e. The van der Waals surface area contributed by atoms with E-state index in [0.717, 1.165) is 44.5 Å². The molecule has 3 N–H and O–H groups in total. The van der Waals surface area contributed by atoms with Gasteiger partial charge in [-0.1, -0.05) is 12.1 Å². The van der Waals surface area contributed by atoms with Crippen molar-refractivity contribution < 1.29 is 9.50 Å². The van der Waals surface area contributed by atoms with Gasteiger partial charge in [0, 0.05) is 32.3 Å². The zero-order valence-corrected chi connectivity index (χ0v) is 11.3. The van der Waals surface area contributed by atoms with Gasteiger partial charge in [0.1, 0.15) is 5.82 Å². The van der Waals surface area contributed by atoms with Crippen molar-refractivity contribution in [3.8, 4) is 0 Å². The quantitative estimate of drug-likeness (QED) is 0.853. The van der Waals surface area contributed by atoms with Crippen LogP contribution in [0, 0.1) is 11.7 Å². The summed E-state index contributed by atoms with van der Waals surface area (Å²) in [4.78, 5) is 2.30. The van der Waals surface area contributed by atoms with Gasteiger partial charge in [-0.3, -0.25) is 4.90 Å². The Morgan fingerprint density at radius 3 is 2.95 bits per heavy atom. The molecular weight excluding hydrogens is 243 g/mol. The van der Waals surface area contributed by atoms with Gasteiger partial charge < -0.3 is 10.8 Å². The van der Waals surface area contributed by atoms with Crippen molar-refractivity contribution in [1.29, 1.82) is 0 Å². The molecular formula is C15H23FN2O. The van der Waals surface area contributed by atoms with Crippen LogP contribution in [0.25, 0.3) is 0 Å². The molecule has 1 aromatic carbocycles. The summed E-state index contributed by atoms with van der Waals surface area (Å²) in [6.45, 7) is 2.85. The number of hydrogen-bond acceptors (Lipinski definition) is 3. The van der Waals surface area contributed by atoms with Crippen molar-refractivity contribution in [2.24, 2.45) is 11.7 Å². The van der Waals surface area contributed by atoms with E-state index in [0.29, 0.717) is 5.92 Å². The monoisotopic (exact) mass is 266 g/mol. The van der Waals surface area contributed by atoms with Gasteiger partial charge >= 0.3 is 0 Å². The van der Waals surface area contributed by atoms with Gasteiger partial charge in [0.2, 0.25) is 0 Å². The molecule has 0 aliphatic carbocycles. The predicted octanol–water partition coefficient (Wildman–Crippen LogP) is 1.75. The molecule has 1 heterocycles. The second-order valence-electron chi connectivity index (χ2n) is 5.55. The van der Waals surface area contributed by atoms with Crippen molar-refractivity contribution in [2.75, 3.05) is 19.7 Å². The molecule has 2 rings (SSSR count).